The van der Waals surface area contributed by atoms with Crippen LogP contribution in [0.3, 0.4) is 0 Å². The Morgan fingerprint density at radius 1 is 1.09 bits per heavy atom. The van der Waals surface area contributed by atoms with Crippen LogP contribution in [-0.2, 0) is 4.74 Å². The minimum Gasteiger partial charge on any atom is -0.462 e. The predicted octanol–water partition coefficient (Wildman–Crippen LogP) is 6.27. The topological polar surface area (TPSA) is 67.4 Å². The van der Waals surface area contributed by atoms with Crippen LogP contribution in [0.1, 0.15) is 27.6 Å². The number of benzene rings is 2. The van der Waals surface area contributed by atoms with Crippen LogP contribution in [0.25, 0.3) is 11.1 Å². The molecule has 3 rings (SSSR count). The second kappa shape index (κ2) is 10.5. The summed E-state index contributed by atoms with van der Waals surface area (Å²) in [6.45, 7) is 1.88. The van der Waals surface area contributed by atoms with E-state index >= 15 is 0 Å². The van der Waals surface area contributed by atoms with Gasteiger partial charge in [-0.25, -0.2) is 9.18 Å². The average molecular weight is 516 g/mol. The van der Waals surface area contributed by atoms with Gasteiger partial charge in [-0.1, -0.05) is 65.1 Å². The molecular formula is C22H18Cl3FN2O3S. The second-order valence-corrected chi connectivity index (χ2v) is 9.79. The SMILES string of the molecule is CCOC(=O)c1c(-c2ccccc2)csc1N[C@H](NC(=O)c1ccc(F)cc1)C(Cl)(Cl)Cl. The van der Waals surface area contributed by atoms with Crippen molar-refractivity contribution in [1.29, 1.82) is 0 Å². The van der Waals surface area contributed by atoms with E-state index in [1.807, 2.05) is 30.3 Å². The Balaban J connectivity index is 1.94. The molecule has 0 saturated heterocycles. The van der Waals surface area contributed by atoms with Crippen molar-refractivity contribution in [1.82, 2.24) is 5.32 Å². The summed E-state index contributed by atoms with van der Waals surface area (Å²) >= 11 is 19.5. The highest BCUT2D eigenvalue weighted by atomic mass is 35.6. The fourth-order valence-electron chi connectivity index (χ4n) is 2.85. The first-order valence-electron chi connectivity index (χ1n) is 9.44. The van der Waals surface area contributed by atoms with Gasteiger partial charge in [0, 0.05) is 16.5 Å². The molecule has 168 valence electrons. The van der Waals surface area contributed by atoms with Gasteiger partial charge >= 0.3 is 5.97 Å². The van der Waals surface area contributed by atoms with Crippen LogP contribution in [0.2, 0.25) is 0 Å². The Bertz CT molecular complexity index is 1090. The molecule has 0 bridgehead atoms. The number of halogens is 4. The van der Waals surface area contributed by atoms with Crippen LogP contribution in [0, 0.1) is 5.82 Å². The molecule has 0 unspecified atom stereocenters. The van der Waals surface area contributed by atoms with Gasteiger partial charge in [0.15, 0.2) is 0 Å². The third kappa shape index (κ3) is 5.92. The molecule has 5 nitrogen and oxygen atoms in total. The third-order valence-electron chi connectivity index (χ3n) is 4.34. The van der Waals surface area contributed by atoms with E-state index in [1.165, 1.54) is 23.5 Å². The molecule has 2 N–H and O–H groups in total. The van der Waals surface area contributed by atoms with E-state index in [4.69, 9.17) is 39.5 Å². The maximum absolute atomic E-state index is 13.2. The van der Waals surface area contributed by atoms with E-state index < -0.39 is 27.7 Å². The lowest BCUT2D eigenvalue weighted by molar-refractivity contribution is 0.0529. The number of nitrogens with one attached hydrogen (secondary N) is 2. The number of carbonyl (C=O) groups excluding carboxylic acids is 2. The second-order valence-electron chi connectivity index (χ2n) is 6.54. The lowest BCUT2D eigenvalue weighted by atomic mass is 10.0. The van der Waals surface area contributed by atoms with Crippen molar-refractivity contribution in [3.63, 3.8) is 0 Å². The van der Waals surface area contributed by atoms with Crippen LogP contribution in [0.5, 0.6) is 0 Å². The molecule has 10 heteroatoms. The van der Waals surface area contributed by atoms with E-state index in [0.29, 0.717) is 10.6 Å². The monoisotopic (exact) mass is 514 g/mol. The van der Waals surface area contributed by atoms with E-state index in [-0.39, 0.29) is 17.7 Å². The summed E-state index contributed by atoms with van der Waals surface area (Å²) in [5.41, 5.74) is 1.89. The summed E-state index contributed by atoms with van der Waals surface area (Å²) in [4.78, 5) is 25.4. The van der Waals surface area contributed by atoms with Crippen LogP contribution in [0.15, 0.2) is 60.0 Å². The van der Waals surface area contributed by atoms with E-state index in [9.17, 15) is 14.0 Å². The smallest absolute Gasteiger partial charge is 0.341 e. The lowest BCUT2D eigenvalue weighted by Crippen LogP contribution is -2.49. The molecule has 1 atom stereocenters. The van der Waals surface area contributed by atoms with Gasteiger partial charge < -0.3 is 15.4 Å². The molecule has 1 heterocycles. The highest BCUT2D eigenvalue weighted by molar-refractivity contribution is 7.15. The quantitative estimate of drug-likeness (QED) is 0.221. The molecule has 0 saturated carbocycles. The van der Waals surface area contributed by atoms with Gasteiger partial charge in [-0.2, -0.15) is 0 Å². The summed E-state index contributed by atoms with van der Waals surface area (Å²) < 4.78 is 16.4. The summed E-state index contributed by atoms with van der Waals surface area (Å²) in [6.07, 6.45) is -1.21. The van der Waals surface area contributed by atoms with Crippen molar-refractivity contribution < 1.29 is 18.7 Å². The van der Waals surface area contributed by atoms with E-state index in [2.05, 4.69) is 10.6 Å². The number of anilines is 1. The maximum Gasteiger partial charge on any atom is 0.341 e. The Morgan fingerprint density at radius 2 is 1.75 bits per heavy atom. The molecule has 0 aliphatic heterocycles. The van der Waals surface area contributed by atoms with Crippen molar-refractivity contribution in [2.45, 2.75) is 16.9 Å². The van der Waals surface area contributed by atoms with Crippen LogP contribution in [0.4, 0.5) is 9.39 Å². The Morgan fingerprint density at radius 3 is 2.34 bits per heavy atom. The average Bonchev–Trinajstić information content (AvgIpc) is 3.17. The molecule has 2 aromatic carbocycles. The van der Waals surface area contributed by atoms with Crippen LogP contribution in [-0.4, -0.2) is 28.4 Å². The highest BCUT2D eigenvalue weighted by Crippen LogP contribution is 2.39. The third-order valence-corrected chi connectivity index (χ3v) is 5.91. The number of rotatable bonds is 7. The van der Waals surface area contributed by atoms with Gasteiger partial charge in [0.25, 0.3) is 5.91 Å². The predicted molar refractivity (Wildman–Crippen MR) is 127 cm³/mol. The van der Waals surface area contributed by atoms with Gasteiger partial charge in [-0.3, -0.25) is 4.79 Å². The molecular weight excluding hydrogens is 498 g/mol. The number of alkyl halides is 3. The van der Waals surface area contributed by atoms with Gasteiger partial charge in [0.2, 0.25) is 3.79 Å². The number of thiophene rings is 1. The summed E-state index contributed by atoms with van der Waals surface area (Å²) in [5.74, 6) is -1.63. The molecule has 0 spiro atoms. The van der Waals surface area contributed by atoms with E-state index in [0.717, 1.165) is 17.7 Å². The maximum atomic E-state index is 13.2. The molecule has 1 aromatic heterocycles. The number of ether oxygens (including phenoxy) is 1. The fraction of sp³-hybridized carbons (Fsp3) is 0.182. The number of carbonyl (C=O) groups is 2. The van der Waals surface area contributed by atoms with Gasteiger partial charge in [0.1, 0.15) is 22.5 Å². The number of hydrogen-bond donors (Lipinski definition) is 2. The number of amides is 1. The fourth-order valence-corrected chi connectivity index (χ4v) is 4.16. The zero-order chi connectivity index (χ0) is 23.3. The zero-order valence-corrected chi connectivity index (χ0v) is 19.8. The molecule has 0 radical (unpaired) electrons. The summed E-state index contributed by atoms with van der Waals surface area (Å²) in [7, 11) is 0. The highest BCUT2D eigenvalue weighted by Gasteiger charge is 2.36. The molecule has 0 aliphatic carbocycles. The van der Waals surface area contributed by atoms with Gasteiger partial charge in [-0.15, -0.1) is 11.3 Å². The van der Waals surface area contributed by atoms with Crippen LogP contribution >= 0.6 is 46.1 Å². The van der Waals surface area contributed by atoms with Crippen molar-refractivity contribution in [3.8, 4) is 11.1 Å². The summed E-state index contributed by atoms with van der Waals surface area (Å²) in [6, 6.07) is 14.2. The zero-order valence-electron chi connectivity index (χ0n) is 16.7. The summed E-state index contributed by atoms with van der Waals surface area (Å²) in [5, 5.41) is 7.66. The lowest BCUT2D eigenvalue weighted by Gasteiger charge is -2.27. The Kier molecular flexibility index (Phi) is 8.00. The number of hydrogen-bond acceptors (Lipinski definition) is 5. The molecule has 0 fully saturated rings. The molecule has 0 aliphatic rings. The van der Waals surface area contributed by atoms with Gasteiger partial charge in [0.05, 0.1) is 6.61 Å². The number of esters is 1. The minimum absolute atomic E-state index is 0.175. The van der Waals surface area contributed by atoms with Crippen molar-refractivity contribution >= 4 is 63.0 Å². The van der Waals surface area contributed by atoms with Crippen LogP contribution < -0.4 is 10.6 Å². The van der Waals surface area contributed by atoms with Crippen molar-refractivity contribution in [2.75, 3.05) is 11.9 Å². The standard InChI is InChI=1S/C22H18Cl3FN2O3S/c1-2-31-20(30)17-16(13-6-4-3-5-7-13)12-32-19(17)28-21(22(23,24)25)27-18(29)14-8-10-15(26)11-9-14/h3-12,21,28H,2H2,1H3,(H,27,29)/t21-/m0/s1. The van der Waals surface area contributed by atoms with Crippen molar-refractivity contribution in [2.24, 2.45) is 0 Å². The normalized spacial score (nSPS) is 12.2. The first kappa shape index (κ1) is 24.3. The Hall–Kier alpha value is -2.32. The van der Waals surface area contributed by atoms with E-state index in [1.54, 1.807) is 12.3 Å². The minimum atomic E-state index is -1.97. The largest absolute Gasteiger partial charge is 0.462 e. The first-order chi connectivity index (χ1) is 15.2. The first-order valence-corrected chi connectivity index (χ1v) is 11.5. The molecule has 3 aromatic rings. The van der Waals surface area contributed by atoms with Gasteiger partial charge in [-0.05, 0) is 36.8 Å². The molecule has 1 amide bonds. The molecule has 32 heavy (non-hydrogen) atoms. The van der Waals surface area contributed by atoms with Crippen molar-refractivity contribution in [3.05, 3.63) is 76.9 Å². The Labute approximate surface area is 203 Å².